The zero-order chi connectivity index (χ0) is 12.3. The number of aryl methyl sites for hydroxylation is 2. The van der Waals surface area contributed by atoms with Crippen LogP contribution in [-0.2, 0) is 28.9 Å². The van der Waals surface area contributed by atoms with Gasteiger partial charge < -0.3 is 10.1 Å². The first-order chi connectivity index (χ1) is 8.19. The molecule has 0 radical (unpaired) electrons. The van der Waals surface area contributed by atoms with Crippen LogP contribution in [0.1, 0.15) is 35.1 Å². The van der Waals surface area contributed by atoms with E-state index in [2.05, 4.69) is 16.1 Å². The van der Waals surface area contributed by atoms with Gasteiger partial charge in [-0.3, -0.25) is 4.79 Å². The fourth-order valence-electron chi connectivity index (χ4n) is 2.16. The Morgan fingerprint density at radius 1 is 1.59 bits per heavy atom. The third-order valence-corrected chi connectivity index (χ3v) is 4.36. The third kappa shape index (κ3) is 3.30. The van der Waals surface area contributed by atoms with Gasteiger partial charge in [0.1, 0.15) is 0 Å². The summed E-state index contributed by atoms with van der Waals surface area (Å²) in [6.07, 6.45) is 4.23. The smallest absolute Gasteiger partial charge is 0.307 e. The molecule has 1 aliphatic carbocycles. The zero-order valence-electron chi connectivity index (χ0n) is 10.4. The van der Waals surface area contributed by atoms with Crippen LogP contribution >= 0.6 is 11.3 Å². The Morgan fingerprint density at radius 3 is 3.12 bits per heavy atom. The molecule has 1 aromatic heterocycles. The van der Waals surface area contributed by atoms with Gasteiger partial charge >= 0.3 is 5.97 Å². The van der Waals surface area contributed by atoms with Crippen molar-refractivity contribution in [3.8, 4) is 0 Å². The fraction of sp³-hybridized carbons (Fsp3) is 0.615. The van der Waals surface area contributed by atoms with E-state index in [0.29, 0.717) is 6.42 Å². The Bertz CT molecular complexity index is 379. The molecular weight excluding hydrogens is 234 g/mol. The van der Waals surface area contributed by atoms with E-state index >= 15 is 0 Å². The molecule has 2 rings (SSSR count). The van der Waals surface area contributed by atoms with E-state index in [0.717, 1.165) is 6.54 Å². The predicted octanol–water partition coefficient (Wildman–Crippen LogP) is 2.28. The van der Waals surface area contributed by atoms with Gasteiger partial charge in [-0.1, -0.05) is 0 Å². The topological polar surface area (TPSA) is 38.3 Å². The second-order valence-corrected chi connectivity index (χ2v) is 5.80. The maximum atomic E-state index is 11.1. The summed E-state index contributed by atoms with van der Waals surface area (Å²) in [7, 11) is 1.43. The fourth-order valence-corrected chi connectivity index (χ4v) is 3.37. The van der Waals surface area contributed by atoms with Crippen molar-refractivity contribution in [2.75, 3.05) is 7.11 Å². The van der Waals surface area contributed by atoms with Crippen molar-refractivity contribution >= 4 is 17.3 Å². The van der Waals surface area contributed by atoms with Gasteiger partial charge in [0, 0.05) is 22.3 Å². The molecule has 0 amide bonds. The molecular formula is C13H19NO2S. The Morgan fingerprint density at radius 2 is 2.41 bits per heavy atom. The molecule has 0 saturated carbocycles. The summed E-state index contributed by atoms with van der Waals surface area (Å²) in [6, 6.07) is 2.48. The Labute approximate surface area is 106 Å². The van der Waals surface area contributed by atoms with Crippen molar-refractivity contribution in [1.29, 1.82) is 0 Å². The second-order valence-electron chi connectivity index (χ2n) is 4.58. The molecule has 0 spiro atoms. The monoisotopic (exact) mass is 253 g/mol. The third-order valence-electron chi connectivity index (χ3n) is 3.12. The van der Waals surface area contributed by atoms with Crippen LogP contribution in [0.3, 0.4) is 0 Å². The summed E-state index contributed by atoms with van der Waals surface area (Å²) in [5, 5.41) is 3.36. The first-order valence-corrected chi connectivity index (χ1v) is 6.91. The van der Waals surface area contributed by atoms with Crippen LogP contribution in [0.5, 0.6) is 0 Å². The Kier molecular flexibility index (Phi) is 4.18. The molecule has 17 heavy (non-hydrogen) atoms. The standard InChI is InChI=1S/C13H19NO2S/c1-9(6-13(15)16-2)14-8-11-7-10-4-3-5-12(10)17-11/h7,9,14H,3-6,8H2,1-2H3. The highest BCUT2D eigenvalue weighted by molar-refractivity contribution is 7.12. The predicted molar refractivity (Wildman–Crippen MR) is 69.3 cm³/mol. The lowest BCUT2D eigenvalue weighted by Crippen LogP contribution is -2.28. The minimum atomic E-state index is -0.154. The number of esters is 1. The van der Waals surface area contributed by atoms with Crippen molar-refractivity contribution in [3.63, 3.8) is 0 Å². The minimum absolute atomic E-state index is 0.154. The number of hydrogen-bond acceptors (Lipinski definition) is 4. The number of ether oxygens (including phenoxy) is 1. The number of nitrogens with one attached hydrogen (secondary N) is 1. The summed E-state index contributed by atoms with van der Waals surface area (Å²) in [5.74, 6) is -0.154. The molecule has 0 saturated heterocycles. The number of methoxy groups -OCH3 is 1. The largest absolute Gasteiger partial charge is 0.469 e. The van der Waals surface area contributed by atoms with E-state index in [-0.39, 0.29) is 12.0 Å². The van der Waals surface area contributed by atoms with Gasteiger partial charge in [0.15, 0.2) is 0 Å². The minimum Gasteiger partial charge on any atom is -0.469 e. The van der Waals surface area contributed by atoms with E-state index in [1.54, 1.807) is 4.88 Å². The number of carbonyl (C=O) groups excluding carboxylic acids is 1. The molecule has 1 atom stereocenters. The molecule has 3 nitrogen and oxygen atoms in total. The molecule has 0 bridgehead atoms. The van der Waals surface area contributed by atoms with Gasteiger partial charge in [-0.05, 0) is 37.8 Å². The van der Waals surface area contributed by atoms with E-state index in [4.69, 9.17) is 0 Å². The van der Waals surface area contributed by atoms with Gasteiger partial charge in [-0.2, -0.15) is 0 Å². The average Bonchev–Trinajstić information content (AvgIpc) is 2.86. The molecule has 0 aliphatic heterocycles. The summed E-state index contributed by atoms with van der Waals surface area (Å²) < 4.78 is 4.65. The summed E-state index contributed by atoms with van der Waals surface area (Å²) in [5.41, 5.74) is 1.53. The van der Waals surface area contributed by atoms with Crippen molar-refractivity contribution < 1.29 is 9.53 Å². The summed E-state index contributed by atoms with van der Waals surface area (Å²) in [6.45, 7) is 2.87. The van der Waals surface area contributed by atoms with E-state index < -0.39 is 0 Å². The van der Waals surface area contributed by atoms with Gasteiger partial charge in [0.25, 0.3) is 0 Å². The molecule has 1 aliphatic rings. The molecule has 0 aromatic carbocycles. The van der Waals surface area contributed by atoms with Crippen LogP contribution in [-0.4, -0.2) is 19.1 Å². The van der Waals surface area contributed by atoms with Crippen LogP contribution in [0.15, 0.2) is 6.07 Å². The molecule has 0 fully saturated rings. The van der Waals surface area contributed by atoms with Crippen molar-refractivity contribution in [2.45, 2.75) is 45.2 Å². The Balaban J connectivity index is 1.79. The van der Waals surface area contributed by atoms with Crippen LogP contribution < -0.4 is 5.32 Å². The molecule has 1 heterocycles. The van der Waals surface area contributed by atoms with Crippen LogP contribution in [0.4, 0.5) is 0 Å². The van der Waals surface area contributed by atoms with Crippen LogP contribution in [0.2, 0.25) is 0 Å². The zero-order valence-corrected chi connectivity index (χ0v) is 11.2. The summed E-state index contributed by atoms with van der Waals surface area (Å²) in [4.78, 5) is 14.0. The van der Waals surface area contributed by atoms with Crippen LogP contribution in [0, 0.1) is 0 Å². The maximum Gasteiger partial charge on any atom is 0.307 e. The highest BCUT2D eigenvalue weighted by Crippen LogP contribution is 2.30. The van der Waals surface area contributed by atoms with E-state index in [1.165, 1.54) is 36.8 Å². The number of fused-ring (bicyclic) bond motifs is 1. The van der Waals surface area contributed by atoms with Crippen LogP contribution in [0.25, 0.3) is 0 Å². The molecule has 94 valence electrons. The molecule has 1 aromatic rings. The number of rotatable bonds is 5. The van der Waals surface area contributed by atoms with Gasteiger partial charge in [-0.15, -0.1) is 11.3 Å². The SMILES string of the molecule is COC(=O)CC(C)NCc1cc2c(s1)CCC2. The van der Waals surface area contributed by atoms with Gasteiger partial charge in [-0.25, -0.2) is 0 Å². The number of hydrogen-bond donors (Lipinski definition) is 1. The second kappa shape index (κ2) is 5.65. The molecule has 4 heteroatoms. The maximum absolute atomic E-state index is 11.1. The average molecular weight is 253 g/mol. The van der Waals surface area contributed by atoms with Crippen molar-refractivity contribution in [3.05, 3.63) is 21.4 Å². The van der Waals surface area contributed by atoms with Gasteiger partial charge in [0.05, 0.1) is 13.5 Å². The highest BCUT2D eigenvalue weighted by atomic mass is 32.1. The highest BCUT2D eigenvalue weighted by Gasteiger charge is 2.15. The Hall–Kier alpha value is -0.870. The lowest BCUT2D eigenvalue weighted by atomic mass is 10.2. The molecule has 1 N–H and O–H groups in total. The first kappa shape index (κ1) is 12.6. The summed E-state index contributed by atoms with van der Waals surface area (Å²) >= 11 is 1.91. The van der Waals surface area contributed by atoms with Crippen molar-refractivity contribution in [1.82, 2.24) is 5.32 Å². The normalized spacial score (nSPS) is 15.6. The van der Waals surface area contributed by atoms with E-state index in [1.807, 2.05) is 18.3 Å². The van der Waals surface area contributed by atoms with E-state index in [9.17, 15) is 4.79 Å². The van der Waals surface area contributed by atoms with Crippen molar-refractivity contribution in [2.24, 2.45) is 0 Å². The van der Waals surface area contributed by atoms with Gasteiger partial charge in [0.2, 0.25) is 0 Å². The number of carbonyl (C=O) groups is 1. The first-order valence-electron chi connectivity index (χ1n) is 6.09. The lowest BCUT2D eigenvalue weighted by Gasteiger charge is -2.11. The lowest BCUT2D eigenvalue weighted by molar-refractivity contribution is -0.141. The number of thiophene rings is 1. The quantitative estimate of drug-likeness (QED) is 0.818. The molecule has 1 unspecified atom stereocenters.